The standard InChI is InChI=1S/C29H46O/c1-18(2)19(3)10-11-20(4)25-12-13-26-23(9-8-14-28(25,26)7)15-21(5)29-17-24(29)16-27(30)22(29)6/h10-11,15,18-21,24-27,30H,6,8-9,12-14,16-17H2,1-5,7H3/b11-10+,23-15+/t19-,20+,21?,24?,25?,26?,27-,28+,29?/m0/s1. The fraction of sp³-hybridized carbons (Fsp3) is 0.793. The van der Waals surface area contributed by atoms with Crippen LogP contribution in [0.3, 0.4) is 0 Å². The summed E-state index contributed by atoms with van der Waals surface area (Å²) in [6.45, 7) is 18.8. The van der Waals surface area contributed by atoms with Crippen LogP contribution in [0.1, 0.15) is 86.5 Å². The van der Waals surface area contributed by atoms with E-state index in [-0.39, 0.29) is 11.5 Å². The van der Waals surface area contributed by atoms with Gasteiger partial charge in [-0.2, -0.15) is 0 Å². The number of aliphatic hydroxyl groups is 1. The molecule has 1 heteroatoms. The highest BCUT2D eigenvalue weighted by Gasteiger charge is 2.64. The molecule has 168 valence electrons. The van der Waals surface area contributed by atoms with E-state index < -0.39 is 0 Å². The highest BCUT2D eigenvalue weighted by molar-refractivity contribution is 5.36. The predicted octanol–water partition coefficient (Wildman–Crippen LogP) is 7.58. The zero-order valence-electron chi connectivity index (χ0n) is 20.5. The van der Waals surface area contributed by atoms with E-state index in [4.69, 9.17) is 0 Å². The van der Waals surface area contributed by atoms with E-state index in [2.05, 4.69) is 66.3 Å². The fourth-order valence-electron chi connectivity index (χ4n) is 7.93. The van der Waals surface area contributed by atoms with Gasteiger partial charge in [0.25, 0.3) is 0 Å². The topological polar surface area (TPSA) is 20.2 Å². The summed E-state index contributed by atoms with van der Waals surface area (Å²) in [6.07, 6.45) is 16.4. The van der Waals surface area contributed by atoms with Crippen molar-refractivity contribution >= 4 is 0 Å². The Bertz CT molecular complexity index is 729. The number of fused-ring (bicyclic) bond motifs is 2. The zero-order valence-corrected chi connectivity index (χ0v) is 20.5. The molecular formula is C29H46O. The first-order valence-electron chi connectivity index (χ1n) is 12.9. The molecule has 30 heavy (non-hydrogen) atoms. The Morgan fingerprint density at radius 2 is 1.83 bits per heavy atom. The minimum Gasteiger partial charge on any atom is -0.389 e. The lowest BCUT2D eigenvalue weighted by molar-refractivity contribution is 0.111. The van der Waals surface area contributed by atoms with Gasteiger partial charge in [-0.15, -0.1) is 0 Å². The van der Waals surface area contributed by atoms with Gasteiger partial charge in [0.1, 0.15) is 0 Å². The zero-order chi connectivity index (χ0) is 21.8. The summed E-state index contributed by atoms with van der Waals surface area (Å²) >= 11 is 0. The summed E-state index contributed by atoms with van der Waals surface area (Å²) < 4.78 is 0. The molecule has 5 unspecified atom stereocenters. The predicted molar refractivity (Wildman–Crippen MR) is 128 cm³/mol. The van der Waals surface area contributed by atoms with Crippen molar-refractivity contribution in [3.8, 4) is 0 Å². The first-order valence-corrected chi connectivity index (χ1v) is 12.9. The molecule has 4 saturated carbocycles. The second-order valence-corrected chi connectivity index (χ2v) is 12.2. The van der Waals surface area contributed by atoms with Gasteiger partial charge in [-0.05, 0) is 97.4 Å². The second-order valence-electron chi connectivity index (χ2n) is 12.2. The normalized spacial score (nSPS) is 45.1. The molecule has 1 nitrogen and oxygen atoms in total. The molecule has 1 N–H and O–H groups in total. The summed E-state index contributed by atoms with van der Waals surface area (Å²) in [5.74, 6) is 4.87. The Hall–Kier alpha value is -0.820. The van der Waals surface area contributed by atoms with Crippen molar-refractivity contribution in [3.63, 3.8) is 0 Å². The molecule has 0 bridgehead atoms. The van der Waals surface area contributed by atoms with Gasteiger partial charge < -0.3 is 5.11 Å². The lowest BCUT2D eigenvalue weighted by Gasteiger charge is -2.44. The van der Waals surface area contributed by atoms with E-state index in [1.807, 2.05) is 0 Å². The first-order chi connectivity index (χ1) is 14.1. The van der Waals surface area contributed by atoms with E-state index in [9.17, 15) is 5.11 Å². The molecule has 4 aliphatic carbocycles. The Kier molecular flexibility index (Phi) is 5.93. The van der Waals surface area contributed by atoms with E-state index >= 15 is 0 Å². The van der Waals surface area contributed by atoms with Crippen LogP contribution in [0.4, 0.5) is 0 Å². The third-order valence-corrected chi connectivity index (χ3v) is 10.4. The van der Waals surface area contributed by atoms with Crippen LogP contribution in [0, 0.1) is 52.3 Å². The maximum atomic E-state index is 10.3. The fourth-order valence-corrected chi connectivity index (χ4v) is 7.93. The molecule has 0 heterocycles. The van der Waals surface area contributed by atoms with Crippen molar-refractivity contribution in [1.29, 1.82) is 0 Å². The highest BCUT2D eigenvalue weighted by Crippen LogP contribution is 2.70. The van der Waals surface area contributed by atoms with Gasteiger partial charge in [0.2, 0.25) is 0 Å². The molecule has 0 saturated heterocycles. The monoisotopic (exact) mass is 410 g/mol. The van der Waals surface area contributed by atoms with Gasteiger partial charge in [-0.25, -0.2) is 0 Å². The van der Waals surface area contributed by atoms with Crippen LogP contribution in [-0.2, 0) is 0 Å². The summed E-state index contributed by atoms with van der Waals surface area (Å²) in [4.78, 5) is 0. The van der Waals surface area contributed by atoms with Crippen molar-refractivity contribution in [2.75, 3.05) is 0 Å². The van der Waals surface area contributed by atoms with Gasteiger partial charge in [-0.3, -0.25) is 0 Å². The molecule has 0 aromatic rings. The molecule has 0 radical (unpaired) electrons. The minimum atomic E-state index is -0.252. The molecule has 0 aromatic carbocycles. The minimum absolute atomic E-state index is 0.223. The number of hydrogen-bond acceptors (Lipinski definition) is 1. The van der Waals surface area contributed by atoms with Crippen LogP contribution in [0.5, 0.6) is 0 Å². The molecule has 9 atom stereocenters. The third kappa shape index (κ3) is 3.48. The van der Waals surface area contributed by atoms with E-state index in [1.165, 1.54) is 38.5 Å². The summed E-state index contributed by atoms with van der Waals surface area (Å²) in [5, 5.41) is 10.3. The molecule has 4 rings (SSSR count). The lowest BCUT2D eigenvalue weighted by atomic mass is 9.60. The summed E-state index contributed by atoms with van der Waals surface area (Å²) in [6, 6.07) is 0. The maximum Gasteiger partial charge on any atom is 0.0756 e. The van der Waals surface area contributed by atoms with Gasteiger partial charge in [-0.1, -0.05) is 71.9 Å². The van der Waals surface area contributed by atoms with Crippen LogP contribution in [0.25, 0.3) is 0 Å². The Balaban J connectivity index is 1.50. The van der Waals surface area contributed by atoms with Gasteiger partial charge in [0.15, 0.2) is 0 Å². The summed E-state index contributed by atoms with van der Waals surface area (Å²) in [7, 11) is 0. The SMILES string of the molecule is C=C1[C@@H](O)CC2CC12C(C)/C=C1\CCC[C@@]2(C)C1CCC2[C@H](C)/C=C/[C@H](C)C(C)C. The van der Waals surface area contributed by atoms with Gasteiger partial charge in [0, 0.05) is 5.41 Å². The van der Waals surface area contributed by atoms with Crippen molar-refractivity contribution in [1.82, 2.24) is 0 Å². The molecule has 4 fully saturated rings. The molecule has 0 aromatic heterocycles. The van der Waals surface area contributed by atoms with Crippen molar-refractivity contribution < 1.29 is 5.11 Å². The summed E-state index contributed by atoms with van der Waals surface area (Å²) in [5.41, 5.74) is 3.57. The second kappa shape index (κ2) is 7.95. The number of aliphatic hydroxyl groups excluding tert-OH is 1. The van der Waals surface area contributed by atoms with Gasteiger partial charge >= 0.3 is 0 Å². The van der Waals surface area contributed by atoms with Crippen LogP contribution in [0.15, 0.2) is 36.0 Å². The smallest absolute Gasteiger partial charge is 0.0756 e. The van der Waals surface area contributed by atoms with Crippen molar-refractivity contribution in [2.45, 2.75) is 92.6 Å². The Morgan fingerprint density at radius 1 is 1.10 bits per heavy atom. The van der Waals surface area contributed by atoms with E-state index in [1.54, 1.807) is 5.57 Å². The maximum absolute atomic E-state index is 10.3. The molecule has 0 amide bonds. The largest absolute Gasteiger partial charge is 0.389 e. The number of allylic oxidation sites excluding steroid dienone is 4. The Morgan fingerprint density at radius 3 is 2.47 bits per heavy atom. The van der Waals surface area contributed by atoms with Gasteiger partial charge in [0.05, 0.1) is 6.10 Å². The van der Waals surface area contributed by atoms with Crippen LogP contribution in [-0.4, -0.2) is 11.2 Å². The molecular weight excluding hydrogens is 364 g/mol. The van der Waals surface area contributed by atoms with E-state index in [0.29, 0.717) is 29.1 Å². The Labute approximate surface area is 186 Å². The third-order valence-electron chi connectivity index (χ3n) is 10.4. The van der Waals surface area contributed by atoms with Crippen LogP contribution < -0.4 is 0 Å². The van der Waals surface area contributed by atoms with Crippen LogP contribution >= 0.6 is 0 Å². The average molecular weight is 411 g/mol. The number of rotatable bonds is 6. The van der Waals surface area contributed by atoms with Crippen LogP contribution in [0.2, 0.25) is 0 Å². The van der Waals surface area contributed by atoms with E-state index in [0.717, 1.165) is 29.7 Å². The average Bonchev–Trinajstić information content (AvgIpc) is 3.21. The highest BCUT2D eigenvalue weighted by atomic mass is 16.3. The molecule has 4 aliphatic rings. The molecule has 0 aliphatic heterocycles. The van der Waals surface area contributed by atoms with Crippen molar-refractivity contribution in [2.24, 2.45) is 52.3 Å². The number of hydrogen-bond donors (Lipinski definition) is 1. The van der Waals surface area contributed by atoms with Crippen molar-refractivity contribution in [3.05, 3.63) is 36.0 Å². The first kappa shape index (κ1) is 22.4. The quantitative estimate of drug-likeness (QED) is 0.447. The lowest BCUT2D eigenvalue weighted by Crippen LogP contribution is -2.36. The molecule has 0 spiro atoms.